The summed E-state index contributed by atoms with van der Waals surface area (Å²) in [6.45, 7) is 3.97. The molecule has 0 saturated carbocycles. The maximum absolute atomic E-state index is 12.8. The van der Waals surface area contributed by atoms with E-state index < -0.39 is 0 Å². The number of benzene rings is 2. The topological polar surface area (TPSA) is 52.2 Å². The molecule has 3 aromatic rings. The van der Waals surface area contributed by atoms with Gasteiger partial charge >= 0.3 is 0 Å². The molecule has 1 amide bonds. The highest BCUT2D eigenvalue weighted by Gasteiger charge is 2.40. The highest BCUT2D eigenvalue weighted by molar-refractivity contribution is 6.32. The number of aryl methyl sites for hydroxylation is 1. The molecule has 3 heterocycles. The Kier molecular flexibility index (Phi) is 3.55. The largest absolute Gasteiger partial charge is 0.338 e. The number of piperidine rings is 1. The first-order valence-electron chi connectivity index (χ1n) is 8.95. The summed E-state index contributed by atoms with van der Waals surface area (Å²) < 4.78 is 0. The predicted molar refractivity (Wildman–Crippen MR) is 102 cm³/mol. The number of rotatable bonds is 2. The van der Waals surface area contributed by atoms with Crippen molar-refractivity contribution in [3.05, 3.63) is 52.5 Å². The van der Waals surface area contributed by atoms with Crippen molar-refractivity contribution in [2.24, 2.45) is 0 Å². The van der Waals surface area contributed by atoms with Gasteiger partial charge in [0.1, 0.15) is 5.82 Å². The van der Waals surface area contributed by atoms with Gasteiger partial charge in [-0.15, -0.1) is 0 Å². The number of H-pyrrole nitrogens is 1. The van der Waals surface area contributed by atoms with Gasteiger partial charge in [-0.2, -0.15) is 0 Å². The second kappa shape index (κ2) is 5.83. The van der Waals surface area contributed by atoms with Gasteiger partial charge in [-0.05, 0) is 49.6 Å². The quantitative estimate of drug-likeness (QED) is 0.745. The number of aromatic nitrogens is 2. The average Bonchev–Trinajstić information content (AvgIpc) is 3.36. The van der Waals surface area contributed by atoms with Crippen LogP contribution in [-0.4, -0.2) is 45.0 Å². The molecule has 1 aromatic heterocycles. The van der Waals surface area contributed by atoms with E-state index in [0.29, 0.717) is 11.1 Å². The number of carbonyl (C=O) groups is 1. The Morgan fingerprint density at radius 1 is 1.19 bits per heavy atom. The van der Waals surface area contributed by atoms with Crippen LogP contribution in [0.15, 0.2) is 36.4 Å². The molecule has 0 spiro atoms. The van der Waals surface area contributed by atoms with Gasteiger partial charge in [0.05, 0.1) is 17.1 Å². The number of amides is 1. The molecule has 2 fully saturated rings. The van der Waals surface area contributed by atoms with Crippen LogP contribution in [0.2, 0.25) is 5.02 Å². The van der Waals surface area contributed by atoms with Gasteiger partial charge in [0.2, 0.25) is 0 Å². The van der Waals surface area contributed by atoms with Crippen molar-refractivity contribution in [3.8, 4) is 11.4 Å². The third kappa shape index (κ3) is 2.42. The van der Waals surface area contributed by atoms with E-state index in [-0.39, 0.29) is 5.91 Å². The summed E-state index contributed by atoms with van der Waals surface area (Å²) in [5, 5.41) is 4.83. The molecule has 1 N–H and O–H groups in total. The van der Waals surface area contributed by atoms with E-state index in [0.717, 1.165) is 59.5 Å². The molecule has 132 valence electrons. The number of hydrazine groups is 1. The Bertz CT molecular complexity index is 952. The van der Waals surface area contributed by atoms with E-state index >= 15 is 0 Å². The number of nitrogens with zero attached hydrogens (tertiary/aromatic N) is 3. The van der Waals surface area contributed by atoms with Crippen LogP contribution in [0.4, 0.5) is 0 Å². The fraction of sp³-hybridized carbons (Fsp3) is 0.300. The average molecular weight is 367 g/mol. The summed E-state index contributed by atoms with van der Waals surface area (Å²) in [6, 6.07) is 11.9. The standard InChI is InChI=1S/C20H19ClN4O/c1-12-10-17-18(11-16(12)21)23-19(22-17)13-2-4-14(5-3-13)20(26)25-15-6-8-24(25)9-7-15/h2-5,10-11,15H,6-9H2,1H3,(H,22,23). The summed E-state index contributed by atoms with van der Waals surface area (Å²) in [5.74, 6) is 0.884. The number of imidazole rings is 1. The highest BCUT2D eigenvalue weighted by atomic mass is 35.5. The minimum atomic E-state index is 0.101. The first-order valence-corrected chi connectivity index (χ1v) is 9.33. The van der Waals surface area contributed by atoms with E-state index in [1.165, 1.54) is 0 Å². The second-order valence-electron chi connectivity index (χ2n) is 7.12. The van der Waals surface area contributed by atoms with Crippen LogP contribution in [-0.2, 0) is 0 Å². The van der Waals surface area contributed by atoms with Gasteiger partial charge in [0, 0.05) is 29.2 Å². The summed E-state index contributed by atoms with van der Waals surface area (Å²) >= 11 is 6.19. The molecule has 0 radical (unpaired) electrons. The van der Waals surface area contributed by atoms with Gasteiger partial charge in [0.25, 0.3) is 5.91 Å². The summed E-state index contributed by atoms with van der Waals surface area (Å²) in [7, 11) is 0. The molecule has 26 heavy (non-hydrogen) atoms. The lowest BCUT2D eigenvalue weighted by Gasteiger charge is -2.23. The zero-order valence-corrected chi connectivity index (χ0v) is 15.3. The molecule has 6 heteroatoms. The number of aromatic amines is 1. The second-order valence-corrected chi connectivity index (χ2v) is 7.52. The van der Waals surface area contributed by atoms with E-state index in [1.54, 1.807) is 0 Å². The van der Waals surface area contributed by atoms with Crippen LogP contribution >= 0.6 is 11.6 Å². The lowest BCUT2D eigenvalue weighted by molar-refractivity contribution is 0.0334. The van der Waals surface area contributed by atoms with Crippen molar-refractivity contribution >= 4 is 28.5 Å². The molecule has 5 nitrogen and oxygen atoms in total. The van der Waals surface area contributed by atoms with Gasteiger partial charge < -0.3 is 4.98 Å². The first kappa shape index (κ1) is 15.9. The normalized spacial score (nSPS) is 21.7. The fourth-order valence-corrected chi connectivity index (χ4v) is 4.17. The predicted octanol–water partition coefficient (Wildman–Crippen LogP) is 4.03. The van der Waals surface area contributed by atoms with Gasteiger partial charge in [-0.3, -0.25) is 9.80 Å². The van der Waals surface area contributed by atoms with Crippen molar-refractivity contribution in [2.45, 2.75) is 25.8 Å². The number of hydrogen-bond donors (Lipinski definition) is 1. The number of fused-ring (bicyclic) bond motifs is 3. The Hall–Kier alpha value is -2.37. The molecule has 2 bridgehead atoms. The lowest BCUT2D eigenvalue weighted by Crippen LogP contribution is -2.38. The number of carbonyl (C=O) groups excluding carboxylic acids is 1. The van der Waals surface area contributed by atoms with Crippen LogP contribution in [0.5, 0.6) is 0 Å². The first-order chi connectivity index (χ1) is 12.6. The van der Waals surface area contributed by atoms with E-state index in [9.17, 15) is 4.79 Å². The number of halogens is 1. The van der Waals surface area contributed by atoms with Crippen LogP contribution in [0.25, 0.3) is 22.4 Å². The Labute approximate surface area is 156 Å². The zero-order chi connectivity index (χ0) is 17.8. The highest BCUT2D eigenvalue weighted by Crippen LogP contribution is 2.31. The molecule has 5 rings (SSSR count). The number of nitrogens with one attached hydrogen (secondary N) is 1. The maximum Gasteiger partial charge on any atom is 0.268 e. The number of hydrogen-bond acceptors (Lipinski definition) is 3. The maximum atomic E-state index is 12.8. The molecule has 2 aromatic carbocycles. The summed E-state index contributed by atoms with van der Waals surface area (Å²) in [5.41, 5.74) is 4.50. The molecule has 0 aliphatic carbocycles. The molecule has 0 unspecified atom stereocenters. The molecule has 2 saturated heterocycles. The van der Waals surface area contributed by atoms with Crippen LogP contribution in [0.1, 0.15) is 28.8 Å². The van der Waals surface area contributed by atoms with Crippen LogP contribution in [0.3, 0.4) is 0 Å². The van der Waals surface area contributed by atoms with Crippen molar-refractivity contribution in [1.29, 1.82) is 0 Å². The SMILES string of the molecule is Cc1cc2[nH]c(-c3ccc(C(=O)N4C5CCN4CC5)cc3)nc2cc1Cl. The lowest BCUT2D eigenvalue weighted by atomic mass is 10.1. The van der Waals surface area contributed by atoms with E-state index in [2.05, 4.69) is 15.0 Å². The van der Waals surface area contributed by atoms with Crippen molar-refractivity contribution < 1.29 is 4.79 Å². The summed E-state index contributed by atoms with van der Waals surface area (Å²) in [6.07, 6.45) is 2.18. The van der Waals surface area contributed by atoms with Gasteiger partial charge in [-0.1, -0.05) is 23.7 Å². The molecule has 2 aliphatic rings. The molecular formula is C20H19ClN4O. The third-order valence-corrected chi connectivity index (χ3v) is 5.87. The zero-order valence-electron chi connectivity index (χ0n) is 14.5. The minimum absolute atomic E-state index is 0.101. The smallest absolute Gasteiger partial charge is 0.268 e. The van der Waals surface area contributed by atoms with Crippen molar-refractivity contribution in [1.82, 2.24) is 20.0 Å². The van der Waals surface area contributed by atoms with Crippen LogP contribution < -0.4 is 0 Å². The Morgan fingerprint density at radius 2 is 1.92 bits per heavy atom. The van der Waals surface area contributed by atoms with Gasteiger partial charge in [-0.25, -0.2) is 9.99 Å². The molecule has 0 atom stereocenters. The monoisotopic (exact) mass is 366 g/mol. The molecule has 2 aliphatic heterocycles. The minimum Gasteiger partial charge on any atom is -0.338 e. The summed E-state index contributed by atoms with van der Waals surface area (Å²) in [4.78, 5) is 20.8. The van der Waals surface area contributed by atoms with E-state index in [4.69, 9.17) is 11.6 Å². The van der Waals surface area contributed by atoms with E-state index in [1.807, 2.05) is 48.3 Å². The molecular weight excluding hydrogens is 348 g/mol. The van der Waals surface area contributed by atoms with Crippen molar-refractivity contribution in [2.75, 3.05) is 13.1 Å². The van der Waals surface area contributed by atoms with Crippen molar-refractivity contribution in [3.63, 3.8) is 0 Å². The Morgan fingerprint density at radius 3 is 2.58 bits per heavy atom. The third-order valence-electron chi connectivity index (χ3n) is 5.47. The fourth-order valence-electron chi connectivity index (χ4n) is 4.02. The van der Waals surface area contributed by atoms with Gasteiger partial charge in [0.15, 0.2) is 0 Å². The Balaban J connectivity index is 1.44. The van der Waals surface area contributed by atoms with Crippen LogP contribution in [0, 0.1) is 6.92 Å².